The summed E-state index contributed by atoms with van der Waals surface area (Å²) in [6, 6.07) is 5.96. The maximum atomic E-state index is 14.6. The zero-order valence-electron chi connectivity index (χ0n) is 27.7. The molecule has 1 unspecified atom stereocenters. The van der Waals surface area contributed by atoms with Crippen LogP contribution in [0.25, 0.3) is 22.3 Å². The third-order valence-corrected chi connectivity index (χ3v) is 9.53. The molecule has 27 heteroatoms. The molecule has 0 nitrogen and oxygen atoms in total. The van der Waals surface area contributed by atoms with E-state index < -0.39 is 107 Å². The number of halogens is 26. The number of hydrogen-bond acceptors (Lipinski definition) is 0. The van der Waals surface area contributed by atoms with Gasteiger partial charge in [-0.15, -0.1) is 9.24 Å². The minimum atomic E-state index is -7.95. The van der Waals surface area contributed by atoms with Crippen molar-refractivity contribution in [3.63, 3.8) is 0 Å². The van der Waals surface area contributed by atoms with Crippen molar-refractivity contribution >= 4 is 14.5 Å². The maximum absolute atomic E-state index is 14.6. The zero-order valence-corrected chi connectivity index (χ0v) is 28.8. The summed E-state index contributed by atoms with van der Waals surface area (Å²) in [7, 11) is 1.97. The molecule has 3 aromatic rings. The summed E-state index contributed by atoms with van der Waals surface area (Å²) < 4.78 is 357. The number of benzene rings is 3. The third kappa shape index (κ3) is 7.76. The SMILES string of the molecule is FC(F)(F)C(F)(F)C(F)(F)C(Cc1ccc(-c2cccc(P)c2-c2ccc(CC(C(F)(F)F)(C(F)(F)F)C(F)(F)C(F)(F)C(F)(F)F)cc2)cc1)(C(F)(F)F)C(F)(F)F. The van der Waals surface area contributed by atoms with Gasteiger partial charge in [-0.25, -0.2) is 0 Å². The van der Waals surface area contributed by atoms with Crippen molar-refractivity contribution in [1.29, 1.82) is 0 Å². The van der Waals surface area contributed by atoms with Crippen LogP contribution in [0.2, 0.25) is 0 Å². The Morgan fingerprint density at radius 1 is 0.322 bits per heavy atom. The molecule has 1 atom stereocenters. The van der Waals surface area contributed by atoms with E-state index in [-0.39, 0.29) is 40.7 Å². The quantitative estimate of drug-likeness (QED) is 0.140. The molecule has 0 aliphatic heterocycles. The van der Waals surface area contributed by atoms with Gasteiger partial charge in [-0.05, 0) is 38.7 Å². The van der Waals surface area contributed by atoms with Crippen molar-refractivity contribution in [1.82, 2.24) is 0 Å². The van der Waals surface area contributed by atoms with E-state index in [9.17, 15) is 114 Å². The molecule has 0 amide bonds. The number of hydrogen-bond donors (Lipinski definition) is 0. The molecule has 0 radical (unpaired) electrons. The molecule has 59 heavy (non-hydrogen) atoms. The van der Waals surface area contributed by atoms with Crippen LogP contribution < -0.4 is 5.30 Å². The first-order valence-corrected chi connectivity index (χ1v) is 15.6. The molecule has 0 spiro atoms. The Morgan fingerprint density at radius 3 is 0.881 bits per heavy atom. The monoisotopic (exact) mass is 926 g/mol. The summed E-state index contributed by atoms with van der Waals surface area (Å²) in [4.78, 5) is 0. The van der Waals surface area contributed by atoms with Gasteiger partial charge in [0.1, 0.15) is 0 Å². The molecule has 0 fully saturated rings. The standard InChI is InChI=1S/C32H17F26P/c33-23(34,25(37,38)31(53,54)55)21(27(41,42)43,28(44,45)46)12-14-4-8-16(9-5-14)18-2-1-3-19(59)20(18)17-10-6-15(7-11-17)13-22(29(47,48)49,30(50,51)52)24(35,36)26(39,40)32(56,57)58/h1-11H,12-13,59H2. The molecule has 0 aromatic heterocycles. The van der Waals surface area contributed by atoms with Crippen molar-refractivity contribution < 1.29 is 114 Å². The summed E-state index contributed by atoms with van der Waals surface area (Å²) in [5.74, 6) is -31.8. The van der Waals surface area contributed by atoms with Gasteiger partial charge >= 0.3 is 60.7 Å². The largest absolute Gasteiger partial charge is 0.459 e. The summed E-state index contributed by atoms with van der Waals surface area (Å²) in [5, 5.41) is -0.0576. The van der Waals surface area contributed by atoms with Crippen LogP contribution in [0.5, 0.6) is 0 Å². The Labute approximate surface area is 313 Å². The van der Waals surface area contributed by atoms with Crippen LogP contribution in [-0.4, -0.2) is 60.7 Å². The van der Waals surface area contributed by atoms with Crippen molar-refractivity contribution in [2.45, 2.75) is 73.6 Å². The summed E-state index contributed by atoms with van der Waals surface area (Å²) in [5.41, 5.74) is -18.7. The summed E-state index contributed by atoms with van der Waals surface area (Å²) in [6.07, 6.45) is -52.1. The minimum absolute atomic E-state index is 0.0576. The van der Waals surface area contributed by atoms with Gasteiger partial charge in [0.05, 0.1) is 0 Å². The lowest BCUT2D eigenvalue weighted by atomic mass is 9.71. The lowest BCUT2D eigenvalue weighted by Gasteiger charge is -2.45. The van der Waals surface area contributed by atoms with E-state index in [4.69, 9.17) is 0 Å². The van der Waals surface area contributed by atoms with Crippen LogP contribution in [-0.2, 0) is 12.8 Å². The van der Waals surface area contributed by atoms with Crippen molar-refractivity contribution in [3.05, 3.63) is 77.9 Å². The van der Waals surface area contributed by atoms with Gasteiger partial charge in [0, 0.05) is 12.8 Å². The molecule has 332 valence electrons. The molecule has 3 aromatic carbocycles. The Bertz CT molecular complexity index is 1910. The Balaban J connectivity index is 2.19. The molecule has 0 saturated heterocycles. The second-order valence-corrected chi connectivity index (χ2v) is 13.2. The van der Waals surface area contributed by atoms with Gasteiger partial charge in [0.15, 0.2) is 0 Å². The highest BCUT2D eigenvalue weighted by molar-refractivity contribution is 7.28. The van der Waals surface area contributed by atoms with E-state index in [1.54, 1.807) is 0 Å². The molecule has 0 bridgehead atoms. The predicted molar refractivity (Wildman–Crippen MR) is 155 cm³/mol. The first kappa shape index (κ1) is 49.6. The molecule has 0 N–H and O–H groups in total. The minimum Gasteiger partial charge on any atom is -0.198 e. The second-order valence-electron chi connectivity index (χ2n) is 12.6. The van der Waals surface area contributed by atoms with Crippen LogP contribution >= 0.6 is 9.24 Å². The van der Waals surface area contributed by atoms with Gasteiger partial charge < -0.3 is 0 Å². The topological polar surface area (TPSA) is 0 Å². The lowest BCUT2D eigenvalue weighted by molar-refractivity contribution is -0.460. The Hall–Kier alpha value is -3.73. The van der Waals surface area contributed by atoms with Gasteiger partial charge in [0.2, 0.25) is 10.8 Å². The highest BCUT2D eigenvalue weighted by Gasteiger charge is 2.93. The average Bonchev–Trinajstić information content (AvgIpc) is 3.02. The van der Waals surface area contributed by atoms with Crippen LogP contribution in [0.1, 0.15) is 11.1 Å². The molecule has 3 rings (SSSR count). The Kier molecular flexibility index (Phi) is 12.4. The molecule has 0 saturated carbocycles. The highest BCUT2D eigenvalue weighted by Crippen LogP contribution is 2.68. The van der Waals surface area contributed by atoms with Gasteiger partial charge in [-0.2, -0.15) is 114 Å². The van der Waals surface area contributed by atoms with Gasteiger partial charge in [0.25, 0.3) is 0 Å². The molecular formula is C32H17F26P. The fraction of sp³-hybridized carbons (Fsp3) is 0.438. The van der Waals surface area contributed by atoms with Crippen molar-refractivity contribution in [2.24, 2.45) is 10.8 Å². The first-order valence-electron chi connectivity index (χ1n) is 15.0. The summed E-state index contributed by atoms with van der Waals surface area (Å²) >= 11 is 0. The fourth-order valence-corrected chi connectivity index (χ4v) is 6.32. The molecule has 0 aliphatic carbocycles. The van der Waals surface area contributed by atoms with E-state index in [1.807, 2.05) is 9.24 Å². The average molecular weight is 926 g/mol. The highest BCUT2D eigenvalue weighted by atomic mass is 31.0. The van der Waals surface area contributed by atoms with Crippen LogP contribution in [0.15, 0.2) is 66.7 Å². The first-order chi connectivity index (χ1) is 26.0. The van der Waals surface area contributed by atoms with Crippen molar-refractivity contribution in [3.8, 4) is 22.3 Å². The molecule has 0 aliphatic rings. The number of rotatable bonds is 10. The normalized spacial score (nSPS) is 15.2. The van der Waals surface area contributed by atoms with Gasteiger partial charge in [-0.3, -0.25) is 0 Å². The van der Waals surface area contributed by atoms with Crippen LogP contribution in [0.4, 0.5) is 114 Å². The zero-order chi connectivity index (χ0) is 46.2. The third-order valence-electron chi connectivity index (χ3n) is 9.05. The Morgan fingerprint density at radius 2 is 0.610 bits per heavy atom. The lowest BCUT2D eigenvalue weighted by Crippen LogP contribution is -2.71. The second kappa shape index (κ2) is 14.7. The van der Waals surface area contributed by atoms with Gasteiger partial charge in [-0.1, -0.05) is 66.7 Å². The molecular weight excluding hydrogens is 909 g/mol. The summed E-state index contributed by atoms with van der Waals surface area (Å²) in [6.45, 7) is 0. The van der Waals surface area contributed by atoms with E-state index in [2.05, 4.69) is 0 Å². The van der Waals surface area contributed by atoms with E-state index in [0.717, 1.165) is 18.2 Å². The van der Waals surface area contributed by atoms with E-state index in [0.29, 0.717) is 24.3 Å². The smallest absolute Gasteiger partial charge is 0.198 e. The van der Waals surface area contributed by atoms with E-state index in [1.165, 1.54) is 0 Å². The van der Waals surface area contributed by atoms with Crippen LogP contribution in [0.3, 0.4) is 0 Å². The van der Waals surface area contributed by atoms with Crippen LogP contribution in [0, 0.1) is 10.8 Å². The van der Waals surface area contributed by atoms with E-state index >= 15 is 0 Å². The number of alkyl halides is 26. The maximum Gasteiger partial charge on any atom is 0.459 e. The fourth-order valence-electron chi connectivity index (χ4n) is 5.89. The molecule has 0 heterocycles. The van der Waals surface area contributed by atoms with Crippen molar-refractivity contribution in [2.75, 3.05) is 0 Å². The predicted octanol–water partition coefficient (Wildman–Crippen LogP) is 13.5.